The topological polar surface area (TPSA) is 189 Å². The number of nitrogens with one attached hydrogen (secondary N) is 4. The molecular formula is C60H70N8O6S. The summed E-state index contributed by atoms with van der Waals surface area (Å²) < 4.78 is 0. The third kappa shape index (κ3) is 13.0. The van der Waals surface area contributed by atoms with Crippen LogP contribution in [0.25, 0.3) is 21.6 Å². The largest absolute Gasteiger partial charge is 0.394 e. The molecule has 2 fully saturated rings. The fraction of sp³-hybridized carbons (Fsp3) is 0.400. The highest BCUT2D eigenvalue weighted by Crippen LogP contribution is 2.48. The number of hydrogen-bond donors (Lipinski definition) is 6. The van der Waals surface area contributed by atoms with E-state index in [1.165, 1.54) is 16.0 Å². The fourth-order valence-electron chi connectivity index (χ4n) is 11.0. The van der Waals surface area contributed by atoms with Crippen LogP contribution in [0.2, 0.25) is 0 Å². The quantitative estimate of drug-likeness (QED) is 0.0459. The van der Waals surface area contributed by atoms with Gasteiger partial charge in [0.15, 0.2) is 0 Å². The molecule has 5 heterocycles. The van der Waals surface area contributed by atoms with E-state index in [1.54, 1.807) is 11.3 Å². The first kappa shape index (κ1) is 53.1. The summed E-state index contributed by atoms with van der Waals surface area (Å²) in [5.74, 6) is -0.725. The van der Waals surface area contributed by atoms with Crippen LogP contribution in [0.5, 0.6) is 0 Å². The minimum atomic E-state index is -0.892. The normalized spacial score (nSPS) is 19.7. The van der Waals surface area contributed by atoms with E-state index in [4.69, 9.17) is 0 Å². The highest BCUT2D eigenvalue weighted by molar-refractivity contribution is 7.13. The lowest BCUT2D eigenvalue weighted by molar-refractivity contribution is -0.144. The average molecular weight is 1030 g/mol. The Kier molecular flexibility index (Phi) is 16.9. The van der Waals surface area contributed by atoms with E-state index in [9.17, 15) is 29.4 Å². The molecular weight excluding hydrogens is 961 g/mol. The van der Waals surface area contributed by atoms with Gasteiger partial charge in [-0.2, -0.15) is 0 Å². The first-order valence-corrected chi connectivity index (χ1v) is 27.3. The van der Waals surface area contributed by atoms with Gasteiger partial charge in [0, 0.05) is 74.6 Å². The number of hydrogen-bond acceptors (Lipinski definition) is 11. The standard InChI is InChI=1S/C60H70N8O6S/c1-38-56(75-37-63-38)43-20-18-41(19-21-43)33-62-58(73)52-32-47(70)35-68(52)59(74)57(60(2,3)4)66-54(72)13-6-9-40-16-14-39(15-17-40)8-5-12-53(71)64-46-11-7-10-44(30-46)45-22-23-50-49(31-45)55-48(51(36-69)65-50)26-29-67(55)34-42-24-27-61-28-25-42/h7,10-11,14-25,27-28,30-31,37,47-48,51-52,55,57,65,69-70H,5-6,8-9,12-13,26,29,32-36H2,1-4H3,(H,62,73)(H,64,71)(H,66,72)/t47-,48-,51-,52+,55-,57-/m1/s1. The second kappa shape index (κ2) is 23.8. The van der Waals surface area contributed by atoms with Crippen molar-refractivity contribution in [3.05, 3.63) is 155 Å². The molecule has 0 spiro atoms. The number of rotatable bonds is 19. The molecule has 75 heavy (non-hydrogen) atoms. The molecule has 3 aliphatic rings. The predicted octanol–water partition coefficient (Wildman–Crippen LogP) is 8.62. The maximum Gasteiger partial charge on any atom is 0.246 e. The summed E-state index contributed by atoms with van der Waals surface area (Å²) in [6.07, 6.45) is 7.24. The molecule has 3 aliphatic heterocycles. The van der Waals surface area contributed by atoms with Crippen molar-refractivity contribution in [3.8, 4) is 21.6 Å². The monoisotopic (exact) mass is 1030 g/mol. The minimum Gasteiger partial charge on any atom is -0.394 e. The number of carbonyl (C=O) groups is 4. The van der Waals surface area contributed by atoms with Crippen molar-refractivity contribution in [1.82, 2.24) is 30.4 Å². The highest BCUT2D eigenvalue weighted by Gasteiger charge is 2.45. The Morgan fingerprint density at radius 2 is 1.51 bits per heavy atom. The van der Waals surface area contributed by atoms with E-state index in [0.29, 0.717) is 31.6 Å². The van der Waals surface area contributed by atoms with Gasteiger partial charge in [-0.25, -0.2) is 4.98 Å². The van der Waals surface area contributed by atoms with E-state index in [-0.39, 0.29) is 68.3 Å². The number of β-amino-alcohol motifs (C(OH)–C–C–N with tert-alkyl or cyclic N) is 1. The number of fused-ring (bicyclic) bond motifs is 3. The van der Waals surface area contributed by atoms with E-state index in [2.05, 4.69) is 96.8 Å². The third-order valence-electron chi connectivity index (χ3n) is 15.1. The van der Waals surface area contributed by atoms with Gasteiger partial charge >= 0.3 is 0 Å². The number of likely N-dealkylation sites (tertiary alicyclic amines) is 2. The molecule has 2 saturated heterocycles. The predicted molar refractivity (Wildman–Crippen MR) is 294 cm³/mol. The second-order valence-electron chi connectivity index (χ2n) is 21.6. The highest BCUT2D eigenvalue weighted by atomic mass is 32.1. The van der Waals surface area contributed by atoms with Crippen molar-refractivity contribution in [2.45, 2.75) is 122 Å². The molecule has 15 heteroatoms. The zero-order chi connectivity index (χ0) is 52.6. The molecule has 2 aromatic heterocycles. The average Bonchev–Trinajstić information content (AvgIpc) is 4.16. The number of aromatic nitrogens is 2. The number of amides is 4. The van der Waals surface area contributed by atoms with Gasteiger partial charge in [0.1, 0.15) is 12.1 Å². The summed E-state index contributed by atoms with van der Waals surface area (Å²) in [6, 6.07) is 33.3. The molecule has 0 radical (unpaired) electrons. The molecule has 0 unspecified atom stereocenters. The molecule has 0 bridgehead atoms. The molecule has 0 aliphatic carbocycles. The van der Waals surface area contributed by atoms with Gasteiger partial charge < -0.3 is 36.4 Å². The number of anilines is 2. The van der Waals surface area contributed by atoms with Crippen LogP contribution in [-0.4, -0.2) is 97.5 Å². The van der Waals surface area contributed by atoms with Crippen LogP contribution in [-0.2, 0) is 45.1 Å². The number of benzene rings is 4. The summed E-state index contributed by atoms with van der Waals surface area (Å²) >= 11 is 1.58. The number of carbonyl (C=O) groups excluding carboxylic acids is 4. The Labute approximate surface area is 444 Å². The van der Waals surface area contributed by atoms with E-state index >= 15 is 0 Å². The Bertz CT molecular complexity index is 2940. The van der Waals surface area contributed by atoms with Crippen LogP contribution in [0.15, 0.2) is 121 Å². The Balaban J connectivity index is 0.716. The Hall–Kier alpha value is -6.78. The van der Waals surface area contributed by atoms with Gasteiger partial charge in [-0.15, -0.1) is 11.3 Å². The minimum absolute atomic E-state index is 0.000128. The number of thiazole rings is 1. The lowest BCUT2D eigenvalue weighted by Gasteiger charge is -2.39. The first-order chi connectivity index (χ1) is 36.2. The van der Waals surface area contributed by atoms with Crippen LogP contribution < -0.4 is 21.3 Å². The molecule has 6 atom stereocenters. The molecule has 392 valence electrons. The van der Waals surface area contributed by atoms with Crippen LogP contribution in [0.1, 0.15) is 98.8 Å². The van der Waals surface area contributed by atoms with Gasteiger partial charge in [-0.1, -0.05) is 87.5 Å². The van der Waals surface area contributed by atoms with Crippen molar-refractivity contribution in [2.24, 2.45) is 11.3 Å². The molecule has 4 aromatic carbocycles. The van der Waals surface area contributed by atoms with Crippen LogP contribution in [0.4, 0.5) is 11.4 Å². The molecule has 0 saturated carbocycles. The molecule has 4 amide bonds. The SMILES string of the molecule is Cc1ncsc1-c1ccc(CNC(=O)[C@@H]2C[C@@H](O)CN2C(=O)[C@@H](NC(=O)CCCc2ccc(CCCC(=O)Nc3cccc(-c4ccc5c(c4)[C@H]4[C@H](CCN4Cc4ccncc4)[C@@H](CO)N5)c3)cc2)C(C)(C)C)cc1. The van der Waals surface area contributed by atoms with Gasteiger partial charge in [-0.05, 0) is 132 Å². The van der Waals surface area contributed by atoms with E-state index in [0.717, 1.165) is 81.3 Å². The van der Waals surface area contributed by atoms with E-state index in [1.807, 2.05) is 88.1 Å². The maximum absolute atomic E-state index is 14.1. The first-order valence-electron chi connectivity index (χ1n) is 26.4. The Morgan fingerprint density at radius 3 is 2.19 bits per heavy atom. The smallest absolute Gasteiger partial charge is 0.246 e. The van der Waals surface area contributed by atoms with E-state index < -0.39 is 23.6 Å². The molecule has 6 aromatic rings. The summed E-state index contributed by atoms with van der Waals surface area (Å²) in [5.41, 5.74) is 12.7. The van der Waals surface area contributed by atoms with Crippen molar-refractivity contribution in [2.75, 3.05) is 30.3 Å². The van der Waals surface area contributed by atoms with Gasteiger partial charge in [0.05, 0.1) is 34.8 Å². The van der Waals surface area contributed by atoms with Crippen LogP contribution in [0.3, 0.4) is 0 Å². The number of pyridine rings is 1. The molecule has 9 rings (SSSR count). The van der Waals surface area contributed by atoms with Crippen molar-refractivity contribution >= 4 is 46.3 Å². The zero-order valence-electron chi connectivity index (χ0n) is 43.4. The van der Waals surface area contributed by atoms with Crippen molar-refractivity contribution in [1.29, 1.82) is 0 Å². The number of aliphatic hydroxyl groups excluding tert-OH is 2. The molecule has 14 nitrogen and oxygen atoms in total. The van der Waals surface area contributed by atoms with Crippen molar-refractivity contribution in [3.63, 3.8) is 0 Å². The summed E-state index contributed by atoms with van der Waals surface area (Å²) in [4.78, 5) is 67.8. The number of aliphatic hydroxyl groups is 2. The zero-order valence-corrected chi connectivity index (χ0v) is 44.2. The Morgan fingerprint density at radius 1 is 0.827 bits per heavy atom. The third-order valence-corrected chi connectivity index (χ3v) is 16.0. The number of aryl methyl sites for hydroxylation is 3. The summed E-state index contributed by atoms with van der Waals surface area (Å²) in [7, 11) is 0. The maximum atomic E-state index is 14.1. The lowest BCUT2D eigenvalue weighted by Crippen LogP contribution is -2.57. The van der Waals surface area contributed by atoms with Crippen LogP contribution >= 0.6 is 11.3 Å². The fourth-order valence-corrected chi connectivity index (χ4v) is 11.8. The lowest BCUT2D eigenvalue weighted by atomic mass is 9.82. The summed E-state index contributed by atoms with van der Waals surface area (Å²) in [5, 5.41) is 33.6. The van der Waals surface area contributed by atoms with Crippen LogP contribution in [0, 0.1) is 18.3 Å². The molecule has 6 N–H and O–H groups in total. The number of nitrogens with zero attached hydrogens (tertiary/aromatic N) is 4. The second-order valence-corrected chi connectivity index (χ2v) is 22.4. The summed E-state index contributed by atoms with van der Waals surface area (Å²) in [6.45, 7) is 9.77. The van der Waals surface area contributed by atoms with Gasteiger partial charge in [0.25, 0.3) is 0 Å². The van der Waals surface area contributed by atoms with Gasteiger partial charge in [-0.3, -0.25) is 29.1 Å². The van der Waals surface area contributed by atoms with Crippen molar-refractivity contribution < 1.29 is 29.4 Å². The van der Waals surface area contributed by atoms with Gasteiger partial charge in [0.2, 0.25) is 23.6 Å².